The smallest absolute Gasteiger partial charge is 0.164 e. The Bertz CT molecular complexity index is 703. The van der Waals surface area contributed by atoms with Gasteiger partial charge in [0.25, 0.3) is 0 Å². The van der Waals surface area contributed by atoms with Gasteiger partial charge in [-0.1, -0.05) is 60.7 Å². The zero-order chi connectivity index (χ0) is 16.1. The van der Waals surface area contributed by atoms with Crippen LogP contribution in [0.4, 0.5) is 5.69 Å². The van der Waals surface area contributed by atoms with Crippen molar-refractivity contribution in [2.24, 2.45) is 0 Å². The van der Waals surface area contributed by atoms with Crippen LogP contribution >= 0.6 is 23.3 Å². The van der Waals surface area contributed by atoms with Gasteiger partial charge < -0.3 is 10.8 Å². The van der Waals surface area contributed by atoms with Crippen LogP contribution in [0.25, 0.3) is 0 Å². The van der Waals surface area contributed by atoms with Crippen LogP contribution in [0.15, 0.2) is 70.3 Å². The first-order valence-corrected chi connectivity index (χ1v) is 8.94. The molecule has 2 aromatic carbocycles. The number of hydrogen-bond acceptors (Lipinski definition) is 5. The molecule has 0 bridgehead atoms. The fourth-order valence-corrected chi connectivity index (χ4v) is 4.30. The first-order valence-electron chi connectivity index (χ1n) is 7.29. The van der Waals surface area contributed by atoms with Crippen LogP contribution in [0.5, 0.6) is 5.75 Å². The molecule has 0 aliphatic carbocycles. The van der Waals surface area contributed by atoms with Crippen molar-refractivity contribution >= 4 is 29.0 Å². The first kappa shape index (κ1) is 15.9. The summed E-state index contributed by atoms with van der Waals surface area (Å²) in [5.41, 5.74) is 8.66. The second kappa shape index (κ2) is 7.55. The number of aromatic hydroxyl groups is 1. The van der Waals surface area contributed by atoms with Gasteiger partial charge in [0.2, 0.25) is 0 Å². The Morgan fingerprint density at radius 2 is 1.43 bits per heavy atom. The van der Waals surface area contributed by atoms with Gasteiger partial charge >= 0.3 is 0 Å². The van der Waals surface area contributed by atoms with Crippen LogP contribution in [-0.2, 0) is 13.1 Å². The predicted octanol–water partition coefficient (Wildman–Crippen LogP) is 4.75. The highest BCUT2D eigenvalue weighted by molar-refractivity contribution is 7.99. The number of nitrogen functional groups attached to an aromatic ring is 1. The highest BCUT2D eigenvalue weighted by Crippen LogP contribution is 2.41. The van der Waals surface area contributed by atoms with E-state index < -0.39 is 0 Å². The number of thiophene rings is 1. The number of nitrogens with two attached hydrogens (primary N) is 1. The second-order valence-corrected chi connectivity index (χ2v) is 7.43. The quantitative estimate of drug-likeness (QED) is 0.635. The summed E-state index contributed by atoms with van der Waals surface area (Å²) in [6.45, 7) is 1.58. The molecule has 5 heteroatoms. The Morgan fingerprint density at radius 3 is 1.87 bits per heavy atom. The summed E-state index contributed by atoms with van der Waals surface area (Å²) in [6.07, 6.45) is 0. The van der Waals surface area contributed by atoms with Gasteiger partial charge in [-0.2, -0.15) is 0 Å². The summed E-state index contributed by atoms with van der Waals surface area (Å²) in [6, 6.07) is 20.7. The SMILES string of the molecule is Nc1csc(SN(Cc2ccccc2)Cc2ccccc2)c1O. The molecule has 118 valence electrons. The zero-order valence-corrected chi connectivity index (χ0v) is 14.2. The lowest BCUT2D eigenvalue weighted by molar-refractivity contribution is 0.452. The molecule has 0 aliphatic rings. The van der Waals surface area contributed by atoms with Crippen LogP contribution < -0.4 is 5.73 Å². The van der Waals surface area contributed by atoms with Gasteiger partial charge in [0.15, 0.2) is 5.75 Å². The van der Waals surface area contributed by atoms with Crippen LogP contribution in [0.2, 0.25) is 0 Å². The highest BCUT2D eigenvalue weighted by atomic mass is 32.2. The van der Waals surface area contributed by atoms with E-state index in [1.807, 2.05) is 36.4 Å². The fourth-order valence-electron chi connectivity index (χ4n) is 2.22. The van der Waals surface area contributed by atoms with Crippen LogP contribution in [0.3, 0.4) is 0 Å². The number of hydrogen-bond donors (Lipinski definition) is 2. The van der Waals surface area contributed by atoms with Gasteiger partial charge in [-0.3, -0.25) is 0 Å². The lowest BCUT2D eigenvalue weighted by atomic mass is 10.2. The monoisotopic (exact) mass is 342 g/mol. The standard InChI is InChI=1S/C18H18N2OS2/c19-16-13-22-18(17(16)21)23-20(11-14-7-3-1-4-8-14)12-15-9-5-2-6-10-15/h1-10,13,21H,11-12,19H2. The van der Waals surface area contributed by atoms with E-state index in [1.165, 1.54) is 22.5 Å². The summed E-state index contributed by atoms with van der Waals surface area (Å²) in [5.74, 6) is 0.186. The summed E-state index contributed by atoms with van der Waals surface area (Å²) >= 11 is 3.02. The van der Waals surface area contributed by atoms with E-state index in [1.54, 1.807) is 17.3 Å². The highest BCUT2D eigenvalue weighted by Gasteiger charge is 2.15. The molecule has 0 radical (unpaired) electrons. The molecule has 0 atom stereocenters. The van der Waals surface area contributed by atoms with Crippen molar-refractivity contribution < 1.29 is 5.11 Å². The molecule has 0 amide bonds. The Hall–Kier alpha value is -1.95. The maximum atomic E-state index is 10.1. The van der Waals surface area contributed by atoms with Crippen LogP contribution in [-0.4, -0.2) is 9.41 Å². The molecule has 3 rings (SSSR count). The van der Waals surface area contributed by atoms with E-state index in [-0.39, 0.29) is 5.75 Å². The maximum Gasteiger partial charge on any atom is 0.164 e. The molecule has 0 unspecified atom stereocenters. The molecule has 1 heterocycles. The Balaban J connectivity index is 1.79. The topological polar surface area (TPSA) is 49.5 Å². The minimum absolute atomic E-state index is 0.186. The lowest BCUT2D eigenvalue weighted by Gasteiger charge is -2.20. The molecule has 3 aromatic rings. The third-order valence-corrected chi connectivity index (χ3v) is 5.54. The molecule has 0 fully saturated rings. The summed E-state index contributed by atoms with van der Waals surface area (Å²) < 4.78 is 3.06. The van der Waals surface area contributed by atoms with Crippen LogP contribution in [0, 0.1) is 0 Å². The molecule has 3 nitrogen and oxygen atoms in total. The van der Waals surface area contributed by atoms with E-state index in [4.69, 9.17) is 5.73 Å². The van der Waals surface area contributed by atoms with Crippen molar-refractivity contribution in [2.45, 2.75) is 17.3 Å². The average molecular weight is 342 g/mol. The largest absolute Gasteiger partial charge is 0.504 e. The van der Waals surface area contributed by atoms with Gasteiger partial charge in [0.05, 0.1) is 5.69 Å². The number of anilines is 1. The van der Waals surface area contributed by atoms with Gasteiger partial charge in [0, 0.05) is 18.5 Å². The van der Waals surface area contributed by atoms with Gasteiger partial charge in [0.1, 0.15) is 4.21 Å². The molecular weight excluding hydrogens is 324 g/mol. The van der Waals surface area contributed by atoms with Crippen LogP contribution in [0.1, 0.15) is 11.1 Å². The summed E-state index contributed by atoms with van der Waals surface area (Å²) in [7, 11) is 0. The third kappa shape index (κ3) is 4.28. The molecule has 0 spiro atoms. The predicted molar refractivity (Wildman–Crippen MR) is 98.4 cm³/mol. The zero-order valence-electron chi connectivity index (χ0n) is 12.6. The Morgan fingerprint density at radius 1 is 0.913 bits per heavy atom. The summed E-state index contributed by atoms with van der Waals surface area (Å²) in [5, 5.41) is 11.8. The van der Waals surface area contributed by atoms with E-state index in [2.05, 4.69) is 28.6 Å². The molecule has 23 heavy (non-hydrogen) atoms. The number of rotatable bonds is 6. The lowest BCUT2D eigenvalue weighted by Crippen LogP contribution is -2.14. The van der Waals surface area contributed by atoms with Gasteiger partial charge in [-0.05, 0) is 23.1 Å². The van der Waals surface area contributed by atoms with Crippen molar-refractivity contribution in [3.05, 3.63) is 77.2 Å². The molecule has 0 saturated carbocycles. The number of benzene rings is 2. The van der Waals surface area contributed by atoms with Crippen molar-refractivity contribution in [2.75, 3.05) is 5.73 Å². The summed E-state index contributed by atoms with van der Waals surface area (Å²) in [4.78, 5) is 0. The maximum absolute atomic E-state index is 10.1. The minimum atomic E-state index is 0.186. The molecule has 3 N–H and O–H groups in total. The third-order valence-electron chi connectivity index (χ3n) is 3.38. The van der Waals surface area contributed by atoms with E-state index in [0.717, 1.165) is 17.3 Å². The normalized spacial score (nSPS) is 11.0. The van der Waals surface area contributed by atoms with Crippen molar-refractivity contribution in [1.82, 2.24) is 4.31 Å². The Labute approximate surface area is 144 Å². The second-order valence-electron chi connectivity index (χ2n) is 5.19. The number of nitrogens with zero attached hydrogens (tertiary/aromatic N) is 1. The van der Waals surface area contributed by atoms with Crippen molar-refractivity contribution in [3.8, 4) is 5.75 Å². The van der Waals surface area contributed by atoms with Gasteiger partial charge in [-0.25, -0.2) is 4.31 Å². The van der Waals surface area contributed by atoms with Gasteiger partial charge in [-0.15, -0.1) is 11.3 Å². The van der Waals surface area contributed by atoms with E-state index in [0.29, 0.717) is 5.69 Å². The minimum Gasteiger partial charge on any atom is -0.504 e. The van der Waals surface area contributed by atoms with Crippen molar-refractivity contribution in [3.63, 3.8) is 0 Å². The molecular formula is C18H18N2OS2. The molecule has 1 aromatic heterocycles. The fraction of sp³-hybridized carbons (Fsp3) is 0.111. The first-order chi connectivity index (χ1) is 11.2. The van der Waals surface area contributed by atoms with E-state index in [9.17, 15) is 5.11 Å². The molecule has 0 aliphatic heterocycles. The van der Waals surface area contributed by atoms with Crippen molar-refractivity contribution in [1.29, 1.82) is 0 Å². The molecule has 0 saturated heterocycles. The average Bonchev–Trinajstić information content (AvgIpc) is 2.89. The van der Waals surface area contributed by atoms with E-state index >= 15 is 0 Å². The Kier molecular flexibility index (Phi) is 5.23.